The third kappa shape index (κ3) is 11.2. The second-order valence-electron chi connectivity index (χ2n) is 0.596. The van der Waals surface area contributed by atoms with Crippen molar-refractivity contribution in [3.63, 3.8) is 0 Å². The first-order valence-corrected chi connectivity index (χ1v) is 3.63. The summed E-state index contributed by atoms with van der Waals surface area (Å²) in [6.45, 7) is -3.54. The Kier molecular flexibility index (Phi) is 7.07. The summed E-state index contributed by atoms with van der Waals surface area (Å²) in [4.78, 5) is 15.9. The van der Waals surface area contributed by atoms with E-state index >= 15 is 0 Å². The van der Waals surface area contributed by atoms with Crippen LogP contribution in [-0.4, -0.2) is 39.3 Å². The molecule has 0 bridgehead atoms. The molecule has 4 nitrogen and oxygen atoms in total. The summed E-state index contributed by atoms with van der Waals surface area (Å²) in [5, 5.41) is 0. The van der Waals surface area contributed by atoms with Crippen LogP contribution in [0.25, 0.3) is 0 Å². The van der Waals surface area contributed by atoms with Gasteiger partial charge in [-0.3, -0.25) is 0 Å². The predicted molar refractivity (Wildman–Crippen MR) is 31.1 cm³/mol. The summed E-state index contributed by atoms with van der Waals surface area (Å²) in [6, 6.07) is 0. The molecule has 0 aliphatic rings. The van der Waals surface area contributed by atoms with Gasteiger partial charge in [0.2, 0.25) is 0 Å². The van der Waals surface area contributed by atoms with Crippen molar-refractivity contribution in [1.82, 2.24) is 0 Å². The Morgan fingerprint density at radius 2 is 1.71 bits per heavy atom. The molecule has 0 aromatic carbocycles. The molecule has 0 aromatic rings. The third-order valence-electron chi connectivity index (χ3n) is 0.137. The van der Waals surface area contributed by atoms with Crippen LogP contribution in [0.3, 0.4) is 0 Å². The van der Waals surface area contributed by atoms with E-state index in [-0.39, 0.29) is 29.6 Å². The average molecular weight is 153 g/mol. The fraction of sp³-hybridized carbons (Fsp3) is 0. The monoisotopic (exact) mass is 153 g/mol. The van der Waals surface area contributed by atoms with Gasteiger partial charge < -0.3 is 9.79 Å². The molecule has 7 heavy (non-hydrogen) atoms. The third-order valence-corrected chi connectivity index (χ3v) is 0.670. The van der Waals surface area contributed by atoms with Crippen molar-refractivity contribution in [1.29, 1.82) is 0 Å². The van der Waals surface area contributed by atoms with Gasteiger partial charge in [-0.05, 0) is 11.8 Å². The molecule has 7 heteroatoms. The topological polar surface area (TPSA) is 75.7 Å². The first-order chi connectivity index (χ1) is 2.56. The van der Waals surface area contributed by atoms with E-state index in [4.69, 9.17) is 9.79 Å². The van der Waals surface area contributed by atoms with Crippen molar-refractivity contribution >= 4 is 48.1 Å². The molecule has 4 N–H and O–H groups in total. The van der Waals surface area contributed by atoms with Crippen LogP contribution >= 0.6 is 6.72 Å². The zero-order valence-electron chi connectivity index (χ0n) is 2.74. The summed E-state index contributed by atoms with van der Waals surface area (Å²) in [5.41, 5.74) is 0. The van der Waals surface area contributed by atoms with Gasteiger partial charge in [-0.1, -0.05) is 0 Å². The van der Waals surface area contributed by atoms with E-state index in [9.17, 15) is 0 Å². The van der Waals surface area contributed by atoms with Gasteiger partial charge in [0.15, 0.2) is 0 Å². The van der Waals surface area contributed by atoms with Crippen molar-refractivity contribution in [2.45, 2.75) is 0 Å². The van der Waals surface area contributed by atoms with Crippen molar-refractivity contribution in [3.8, 4) is 0 Å². The molecule has 0 saturated heterocycles. The maximum atomic E-state index is 7.96. The maximum absolute atomic E-state index is 7.96. The van der Waals surface area contributed by atoms with Gasteiger partial charge in [-0.2, -0.15) is 0 Å². The van der Waals surface area contributed by atoms with E-state index in [1.165, 1.54) is 0 Å². The summed E-state index contributed by atoms with van der Waals surface area (Å²) in [6.07, 6.45) is 0. The molecule has 0 aliphatic carbocycles. The van der Waals surface area contributed by atoms with E-state index in [0.717, 1.165) is 0 Å². The Hall–Kier alpha value is 1.49. The molecule has 0 atom stereocenters. The van der Waals surface area contributed by atoms with Gasteiger partial charge in [0.05, 0.1) is 0 Å². The van der Waals surface area contributed by atoms with Gasteiger partial charge in [0, 0.05) is 0 Å². The van der Waals surface area contributed by atoms with Gasteiger partial charge in [-0.25, -0.2) is 10.5 Å². The molecule has 0 spiro atoms. The molecule has 0 heterocycles. The van der Waals surface area contributed by atoms with Crippen molar-refractivity contribution < 1.29 is 14.4 Å². The normalized spacial score (nSPS) is 10.1. The molecule has 0 radical (unpaired) electrons. The van der Waals surface area contributed by atoms with Crippen LogP contribution in [0, 0.1) is 0 Å². The summed E-state index contributed by atoms with van der Waals surface area (Å²) < 4.78 is 3.47. The van der Waals surface area contributed by atoms with Gasteiger partial charge in [0.1, 0.15) is 0 Å². The minimum absolute atomic E-state index is 0. The fourth-order valence-electron chi connectivity index (χ4n) is 0. The van der Waals surface area contributed by atoms with Crippen molar-refractivity contribution in [3.05, 3.63) is 0 Å². The molecule has 0 unspecified atom stereocenters. The molecule has 0 aromatic heterocycles. The summed E-state index contributed by atoms with van der Waals surface area (Å²) >= 11 is 3.86. The number of rotatable bonds is 1. The number of hydrogen-bond donors (Lipinski definition) is 3. The average Bonchev–Trinajstić information content (AvgIpc) is 1.35. The molecule has 0 fully saturated rings. The van der Waals surface area contributed by atoms with E-state index in [1.807, 2.05) is 0 Å². The standard InChI is InChI=1S/H4NO3PS.Na.H/c1-4-5(2,3)6;;/h1H2,(H2,2,3,6);;. The number of nitrogens with two attached hydrogens (primary N) is 1. The van der Waals surface area contributed by atoms with Crippen molar-refractivity contribution in [2.24, 2.45) is 5.90 Å². The SMILES string of the molecule is NOP(O)(O)=S.[NaH]. The summed E-state index contributed by atoms with van der Waals surface area (Å²) in [5.74, 6) is 4.25. The van der Waals surface area contributed by atoms with Crippen molar-refractivity contribution in [2.75, 3.05) is 0 Å². The predicted octanol–water partition coefficient (Wildman–Crippen LogP) is -1.56. The first kappa shape index (κ1) is 11.3. The zero-order valence-corrected chi connectivity index (χ0v) is 4.45. The van der Waals surface area contributed by atoms with Crippen LogP contribution in [0.4, 0.5) is 0 Å². The van der Waals surface area contributed by atoms with Crippen LogP contribution in [0.1, 0.15) is 0 Å². The van der Waals surface area contributed by atoms with E-state index in [2.05, 4.69) is 22.3 Å². The van der Waals surface area contributed by atoms with Gasteiger partial charge in [0.25, 0.3) is 0 Å². The van der Waals surface area contributed by atoms with Crippen LogP contribution in [0.15, 0.2) is 0 Å². The molecule has 0 amide bonds. The molecule has 0 aliphatic heterocycles. The van der Waals surface area contributed by atoms with E-state index in [1.54, 1.807) is 0 Å². The first-order valence-electron chi connectivity index (χ1n) is 1.00. The minimum atomic E-state index is -3.54. The fourth-order valence-corrected chi connectivity index (χ4v) is 0. The molecular weight excluding hydrogens is 148 g/mol. The molecule has 0 rings (SSSR count). The Labute approximate surface area is 68.2 Å². The zero-order chi connectivity index (χ0) is 5.21. The Balaban J connectivity index is 0. The van der Waals surface area contributed by atoms with Gasteiger partial charge >= 0.3 is 36.3 Å². The Morgan fingerprint density at radius 3 is 1.71 bits per heavy atom. The Morgan fingerprint density at radius 1 is 1.57 bits per heavy atom. The molecule has 0 saturated carbocycles. The Bertz CT molecular complexity index is 79.0. The second kappa shape index (κ2) is 4.38. The van der Waals surface area contributed by atoms with E-state index < -0.39 is 6.72 Å². The molecular formula is H5NNaO3PS. The summed E-state index contributed by atoms with van der Waals surface area (Å²) in [7, 11) is 0. The molecule has 40 valence electrons. The van der Waals surface area contributed by atoms with Crippen LogP contribution in [0.2, 0.25) is 0 Å². The van der Waals surface area contributed by atoms with E-state index in [0.29, 0.717) is 0 Å². The van der Waals surface area contributed by atoms with Crippen LogP contribution in [0.5, 0.6) is 0 Å². The quantitative estimate of drug-likeness (QED) is 0.241. The second-order valence-corrected chi connectivity index (χ2v) is 3.21. The van der Waals surface area contributed by atoms with Gasteiger partial charge in [-0.15, -0.1) is 0 Å². The number of hydrogen-bond acceptors (Lipinski definition) is 3. The van der Waals surface area contributed by atoms with Crippen LogP contribution < -0.4 is 5.90 Å². The van der Waals surface area contributed by atoms with Crippen LogP contribution in [-0.2, 0) is 16.4 Å².